The first-order chi connectivity index (χ1) is 12.2. The molecular weight excluding hydrogens is 378 g/mol. The monoisotopic (exact) mass is 397 g/mol. The molecule has 2 aliphatic heterocycles. The maximum atomic E-state index is 12.3. The minimum atomic E-state index is -0.0141. The molecule has 2 heterocycles. The third kappa shape index (κ3) is 3.62. The van der Waals surface area contributed by atoms with Crippen LogP contribution >= 0.6 is 15.9 Å². The van der Waals surface area contributed by atoms with Crippen molar-refractivity contribution in [3.05, 3.63) is 70.3 Å². The Labute approximate surface area is 156 Å². The van der Waals surface area contributed by atoms with Crippen LogP contribution in [0.25, 0.3) is 5.57 Å². The number of benzene rings is 2. The normalized spacial score (nSPS) is 19.2. The van der Waals surface area contributed by atoms with Gasteiger partial charge in [-0.05, 0) is 23.8 Å². The third-order valence-corrected chi connectivity index (χ3v) is 5.23. The highest BCUT2D eigenvalue weighted by molar-refractivity contribution is 9.10. The summed E-state index contributed by atoms with van der Waals surface area (Å²) in [6.45, 7) is 4.87. The number of halogens is 1. The Morgan fingerprint density at radius 3 is 2.56 bits per heavy atom. The van der Waals surface area contributed by atoms with Crippen LogP contribution in [0.4, 0.5) is 5.69 Å². The molecule has 0 unspecified atom stereocenters. The maximum Gasteiger partial charge on any atom is 0.257 e. The van der Waals surface area contributed by atoms with Crippen molar-refractivity contribution in [1.29, 1.82) is 0 Å². The lowest BCUT2D eigenvalue weighted by Crippen LogP contribution is -2.43. The van der Waals surface area contributed by atoms with Gasteiger partial charge in [0.25, 0.3) is 5.91 Å². The molecule has 2 aliphatic rings. The van der Waals surface area contributed by atoms with Crippen molar-refractivity contribution in [2.45, 2.75) is 6.54 Å². The van der Waals surface area contributed by atoms with E-state index in [1.807, 2.05) is 24.4 Å². The van der Waals surface area contributed by atoms with Crippen LogP contribution in [0, 0.1) is 0 Å². The number of carbonyl (C=O) groups is 1. The molecule has 2 aromatic rings. The lowest BCUT2D eigenvalue weighted by Gasteiger charge is -2.34. The smallest absolute Gasteiger partial charge is 0.257 e. The second-order valence-corrected chi connectivity index (χ2v) is 7.40. The minimum absolute atomic E-state index is 0.0141. The molecule has 1 amide bonds. The van der Waals surface area contributed by atoms with Gasteiger partial charge in [0.2, 0.25) is 0 Å². The number of carbonyl (C=O) groups excluding carboxylic acids is 1. The lowest BCUT2D eigenvalue weighted by molar-refractivity contribution is -0.110. The zero-order valence-electron chi connectivity index (χ0n) is 13.9. The summed E-state index contributed by atoms with van der Waals surface area (Å²) in [5.41, 5.74) is 3.98. The van der Waals surface area contributed by atoms with Crippen molar-refractivity contribution in [2.24, 2.45) is 0 Å². The molecule has 0 atom stereocenters. The number of nitrogens with zero attached hydrogens (tertiary/aromatic N) is 2. The molecule has 1 N–H and O–H groups in total. The lowest BCUT2D eigenvalue weighted by atomic mass is 10.1. The van der Waals surface area contributed by atoms with E-state index < -0.39 is 0 Å². The van der Waals surface area contributed by atoms with Gasteiger partial charge in [0.1, 0.15) is 0 Å². The quantitative estimate of drug-likeness (QED) is 0.804. The number of rotatable bonds is 3. The summed E-state index contributed by atoms with van der Waals surface area (Å²) in [5.74, 6) is -0.0141. The molecule has 0 saturated carbocycles. The Hall–Kier alpha value is -2.11. The van der Waals surface area contributed by atoms with E-state index in [2.05, 4.69) is 61.4 Å². The number of anilines is 1. The molecule has 4 nitrogen and oxygen atoms in total. The van der Waals surface area contributed by atoms with Gasteiger partial charge >= 0.3 is 0 Å². The Morgan fingerprint density at radius 1 is 1.04 bits per heavy atom. The summed E-state index contributed by atoms with van der Waals surface area (Å²) in [6, 6.07) is 16.5. The van der Waals surface area contributed by atoms with Crippen LogP contribution in [0.3, 0.4) is 0 Å². The molecule has 128 valence electrons. The Balaban J connectivity index is 1.43. The van der Waals surface area contributed by atoms with E-state index in [9.17, 15) is 4.79 Å². The largest absolute Gasteiger partial charge is 0.374 e. The first-order valence-electron chi connectivity index (χ1n) is 8.52. The van der Waals surface area contributed by atoms with Gasteiger partial charge in [0, 0.05) is 54.6 Å². The van der Waals surface area contributed by atoms with Gasteiger partial charge in [0.05, 0.1) is 5.57 Å². The predicted octanol–water partition coefficient (Wildman–Crippen LogP) is 3.56. The van der Waals surface area contributed by atoms with Crippen molar-refractivity contribution in [1.82, 2.24) is 9.80 Å². The van der Waals surface area contributed by atoms with Gasteiger partial charge in [-0.2, -0.15) is 0 Å². The number of piperazine rings is 1. The van der Waals surface area contributed by atoms with Gasteiger partial charge in [-0.1, -0.05) is 46.3 Å². The van der Waals surface area contributed by atoms with E-state index in [4.69, 9.17) is 0 Å². The van der Waals surface area contributed by atoms with Crippen LogP contribution in [-0.2, 0) is 11.3 Å². The molecule has 0 bridgehead atoms. The summed E-state index contributed by atoms with van der Waals surface area (Å²) in [7, 11) is 0. The van der Waals surface area contributed by atoms with Crippen LogP contribution < -0.4 is 5.32 Å². The van der Waals surface area contributed by atoms with Crippen molar-refractivity contribution in [3.63, 3.8) is 0 Å². The molecule has 0 aromatic heterocycles. The molecule has 1 saturated heterocycles. The van der Waals surface area contributed by atoms with E-state index >= 15 is 0 Å². The molecular formula is C20H20BrN3O. The fourth-order valence-corrected chi connectivity index (χ4v) is 3.72. The third-order valence-electron chi connectivity index (χ3n) is 4.73. The van der Waals surface area contributed by atoms with Crippen LogP contribution in [0.15, 0.2) is 59.2 Å². The summed E-state index contributed by atoms with van der Waals surface area (Å²) >= 11 is 3.49. The molecule has 0 aliphatic carbocycles. The van der Waals surface area contributed by atoms with Gasteiger partial charge in [-0.25, -0.2) is 0 Å². The average molecular weight is 398 g/mol. The molecule has 4 rings (SSSR count). The van der Waals surface area contributed by atoms with Gasteiger partial charge in [0.15, 0.2) is 0 Å². The first-order valence-corrected chi connectivity index (χ1v) is 9.32. The number of hydrogen-bond acceptors (Lipinski definition) is 3. The molecule has 2 aromatic carbocycles. The first kappa shape index (κ1) is 16.4. The van der Waals surface area contributed by atoms with E-state index in [1.165, 1.54) is 5.56 Å². The van der Waals surface area contributed by atoms with E-state index in [1.54, 1.807) is 0 Å². The van der Waals surface area contributed by atoms with Gasteiger partial charge in [-0.15, -0.1) is 0 Å². The second kappa shape index (κ2) is 7.02. The summed E-state index contributed by atoms with van der Waals surface area (Å²) in [6.07, 6.45) is 2.02. The van der Waals surface area contributed by atoms with Crippen molar-refractivity contribution < 1.29 is 4.79 Å². The molecule has 5 heteroatoms. The molecule has 0 spiro atoms. The topological polar surface area (TPSA) is 35.6 Å². The summed E-state index contributed by atoms with van der Waals surface area (Å²) in [5, 5.41) is 2.94. The Bertz CT molecular complexity index is 811. The fourth-order valence-electron chi connectivity index (χ4n) is 3.36. The zero-order valence-corrected chi connectivity index (χ0v) is 15.5. The fraction of sp³-hybridized carbons (Fsp3) is 0.250. The minimum Gasteiger partial charge on any atom is -0.374 e. The van der Waals surface area contributed by atoms with Crippen molar-refractivity contribution in [2.75, 3.05) is 31.5 Å². The average Bonchev–Trinajstić information content (AvgIpc) is 2.93. The summed E-state index contributed by atoms with van der Waals surface area (Å²) < 4.78 is 0.987. The zero-order chi connectivity index (χ0) is 17.2. The highest BCUT2D eigenvalue weighted by Crippen LogP contribution is 2.34. The van der Waals surface area contributed by atoms with Crippen LogP contribution in [-0.4, -0.2) is 41.9 Å². The predicted molar refractivity (Wildman–Crippen MR) is 104 cm³/mol. The number of hydrogen-bond donors (Lipinski definition) is 1. The highest BCUT2D eigenvalue weighted by Gasteiger charge is 2.26. The Kier molecular flexibility index (Phi) is 4.59. The number of fused-ring (bicyclic) bond motifs is 1. The van der Waals surface area contributed by atoms with E-state index in [0.29, 0.717) is 0 Å². The van der Waals surface area contributed by atoms with Gasteiger partial charge < -0.3 is 10.2 Å². The highest BCUT2D eigenvalue weighted by atomic mass is 79.9. The molecule has 25 heavy (non-hydrogen) atoms. The number of nitrogens with one attached hydrogen (secondary N) is 1. The maximum absolute atomic E-state index is 12.3. The van der Waals surface area contributed by atoms with Crippen LogP contribution in [0.1, 0.15) is 11.1 Å². The standard InChI is InChI=1S/C20H20BrN3O/c21-16-6-7-19-17(12-16)18(20(25)22-19)14-24-10-8-23(9-11-24)13-15-4-2-1-3-5-15/h1-7,12,14H,8-11,13H2,(H,22,25)/b18-14+. The van der Waals surface area contributed by atoms with Crippen molar-refractivity contribution in [3.8, 4) is 0 Å². The molecule has 0 radical (unpaired) electrons. The molecule has 1 fully saturated rings. The van der Waals surface area contributed by atoms with Crippen LogP contribution in [0.2, 0.25) is 0 Å². The Morgan fingerprint density at radius 2 is 1.80 bits per heavy atom. The summed E-state index contributed by atoms with van der Waals surface area (Å²) in [4.78, 5) is 17.0. The van der Waals surface area contributed by atoms with Crippen LogP contribution in [0.5, 0.6) is 0 Å². The van der Waals surface area contributed by atoms with E-state index in [0.717, 1.165) is 54.0 Å². The number of amides is 1. The van der Waals surface area contributed by atoms with E-state index in [-0.39, 0.29) is 5.91 Å². The van der Waals surface area contributed by atoms with Crippen molar-refractivity contribution >= 4 is 33.1 Å². The van der Waals surface area contributed by atoms with Gasteiger partial charge in [-0.3, -0.25) is 9.69 Å². The second-order valence-electron chi connectivity index (χ2n) is 6.48. The SMILES string of the molecule is O=C1Nc2ccc(Br)cc2/C1=C\N1CCN(Cc2ccccc2)CC1.